The molecule has 0 saturated carbocycles. The zero-order valence-electron chi connectivity index (χ0n) is 10.5. The smallest absolute Gasteiger partial charge is 0.303 e. The Morgan fingerprint density at radius 1 is 1.17 bits per heavy atom. The largest absolute Gasteiger partial charge is 0.336 e. The second-order valence-corrected chi connectivity index (χ2v) is 4.18. The zero-order valence-corrected chi connectivity index (χ0v) is 10.5. The summed E-state index contributed by atoms with van der Waals surface area (Å²) in [4.78, 5) is 30.0. The lowest BCUT2D eigenvalue weighted by atomic mass is 10.3. The SMILES string of the molecule is C#CCN1C(=O)N(C#CC)C2C1N(C)C(=O)N2C. The summed E-state index contributed by atoms with van der Waals surface area (Å²) in [7, 11) is 3.31. The number of nitrogens with zero attached hydrogens (tertiary/aromatic N) is 4. The van der Waals surface area contributed by atoms with Crippen molar-refractivity contribution in [1.29, 1.82) is 0 Å². The lowest BCUT2D eigenvalue weighted by Gasteiger charge is -2.24. The molecule has 0 N–H and O–H groups in total. The first-order valence-electron chi connectivity index (χ1n) is 5.50. The number of rotatable bonds is 1. The van der Waals surface area contributed by atoms with Gasteiger partial charge in [-0.3, -0.25) is 4.90 Å². The predicted molar refractivity (Wildman–Crippen MR) is 64.7 cm³/mol. The molecule has 2 aliphatic heterocycles. The molecule has 2 heterocycles. The molecule has 0 radical (unpaired) electrons. The number of carbonyl (C=O) groups is 2. The number of hydrogen-bond acceptors (Lipinski definition) is 2. The Kier molecular flexibility index (Phi) is 2.80. The quantitative estimate of drug-likeness (QED) is 0.611. The fourth-order valence-electron chi connectivity index (χ4n) is 2.41. The van der Waals surface area contributed by atoms with Crippen molar-refractivity contribution in [3.05, 3.63) is 0 Å². The molecule has 0 aliphatic carbocycles. The van der Waals surface area contributed by atoms with Crippen molar-refractivity contribution in [2.45, 2.75) is 19.3 Å². The van der Waals surface area contributed by atoms with Crippen LogP contribution in [0.25, 0.3) is 0 Å². The van der Waals surface area contributed by atoms with Gasteiger partial charge in [0.1, 0.15) is 0 Å². The van der Waals surface area contributed by atoms with Gasteiger partial charge in [-0.25, -0.2) is 14.5 Å². The molecule has 2 unspecified atom stereocenters. The number of terminal acetylenes is 1. The highest BCUT2D eigenvalue weighted by Crippen LogP contribution is 2.32. The van der Waals surface area contributed by atoms with Crippen LogP contribution in [-0.2, 0) is 0 Å². The standard InChI is InChI=1S/C12H14N4O2/c1-5-7-15-9-10(14(4)11(17)13(9)3)16(8-6-2)12(15)18/h1,9-10H,7H2,2-4H3. The van der Waals surface area contributed by atoms with Crippen molar-refractivity contribution in [1.82, 2.24) is 19.6 Å². The van der Waals surface area contributed by atoms with Gasteiger partial charge in [0, 0.05) is 20.1 Å². The van der Waals surface area contributed by atoms with Crippen molar-refractivity contribution in [2.24, 2.45) is 0 Å². The molecule has 2 aliphatic rings. The average Bonchev–Trinajstić information content (AvgIpc) is 2.73. The van der Waals surface area contributed by atoms with Gasteiger partial charge in [0.2, 0.25) is 0 Å². The summed E-state index contributed by atoms with van der Waals surface area (Å²) in [6.07, 6.45) is 4.48. The normalized spacial score (nSPS) is 26.1. The maximum atomic E-state index is 12.2. The number of likely N-dealkylation sites (N-methyl/N-ethyl adjacent to an activating group) is 2. The van der Waals surface area contributed by atoms with Crippen molar-refractivity contribution in [3.63, 3.8) is 0 Å². The van der Waals surface area contributed by atoms with Crippen molar-refractivity contribution in [2.75, 3.05) is 20.6 Å². The van der Waals surface area contributed by atoms with Crippen LogP contribution in [0.5, 0.6) is 0 Å². The molecule has 2 saturated heterocycles. The zero-order chi connectivity index (χ0) is 13.4. The topological polar surface area (TPSA) is 47.1 Å². The van der Waals surface area contributed by atoms with E-state index in [0.29, 0.717) is 0 Å². The second-order valence-electron chi connectivity index (χ2n) is 4.18. The molecule has 2 fully saturated rings. The third-order valence-electron chi connectivity index (χ3n) is 3.19. The number of fused-ring (bicyclic) bond motifs is 1. The molecule has 0 bridgehead atoms. The summed E-state index contributed by atoms with van der Waals surface area (Å²) in [6.45, 7) is 1.81. The summed E-state index contributed by atoms with van der Waals surface area (Å²) >= 11 is 0. The van der Waals surface area contributed by atoms with Crippen LogP contribution in [0, 0.1) is 24.3 Å². The lowest BCUT2D eigenvalue weighted by molar-refractivity contribution is 0.154. The fraction of sp³-hybridized carbons (Fsp3) is 0.500. The third-order valence-corrected chi connectivity index (χ3v) is 3.19. The summed E-state index contributed by atoms with van der Waals surface area (Å²) < 4.78 is 0. The summed E-state index contributed by atoms with van der Waals surface area (Å²) in [5, 5.41) is 0. The first-order valence-corrected chi connectivity index (χ1v) is 5.50. The predicted octanol–water partition coefficient (Wildman–Crippen LogP) is -0.0126. The van der Waals surface area contributed by atoms with E-state index in [4.69, 9.17) is 6.42 Å². The van der Waals surface area contributed by atoms with Crippen LogP contribution in [0.1, 0.15) is 6.92 Å². The molecular formula is C12H14N4O2. The number of urea groups is 2. The maximum absolute atomic E-state index is 12.2. The van der Waals surface area contributed by atoms with Gasteiger partial charge in [-0.05, 0) is 6.92 Å². The Labute approximate surface area is 106 Å². The van der Waals surface area contributed by atoms with Gasteiger partial charge in [-0.15, -0.1) is 6.42 Å². The van der Waals surface area contributed by atoms with Crippen LogP contribution < -0.4 is 0 Å². The van der Waals surface area contributed by atoms with E-state index in [1.807, 2.05) is 0 Å². The Bertz CT molecular complexity index is 498. The van der Waals surface area contributed by atoms with E-state index >= 15 is 0 Å². The fourth-order valence-corrected chi connectivity index (χ4v) is 2.41. The first kappa shape index (κ1) is 12.1. The lowest BCUT2D eigenvalue weighted by Crippen LogP contribution is -2.44. The van der Waals surface area contributed by atoms with Crippen LogP contribution in [0.4, 0.5) is 9.59 Å². The van der Waals surface area contributed by atoms with Crippen LogP contribution >= 0.6 is 0 Å². The highest BCUT2D eigenvalue weighted by atomic mass is 16.2. The van der Waals surface area contributed by atoms with Crippen LogP contribution in [0.15, 0.2) is 0 Å². The van der Waals surface area contributed by atoms with Gasteiger partial charge >= 0.3 is 12.1 Å². The van der Waals surface area contributed by atoms with Gasteiger partial charge in [0.25, 0.3) is 0 Å². The van der Waals surface area contributed by atoms with Crippen LogP contribution in [0.3, 0.4) is 0 Å². The van der Waals surface area contributed by atoms with E-state index in [0.717, 1.165) is 0 Å². The minimum absolute atomic E-state index is 0.151. The monoisotopic (exact) mass is 246 g/mol. The molecule has 2 atom stereocenters. The molecule has 6 heteroatoms. The highest BCUT2D eigenvalue weighted by molar-refractivity contribution is 5.86. The molecule has 0 spiro atoms. The molecule has 0 aromatic rings. The Balaban J connectivity index is 2.44. The van der Waals surface area contributed by atoms with Gasteiger partial charge in [0.05, 0.1) is 6.54 Å². The van der Waals surface area contributed by atoms with Gasteiger partial charge in [-0.2, -0.15) is 0 Å². The summed E-state index contributed by atoms with van der Waals surface area (Å²) in [5.74, 6) is 5.13. The van der Waals surface area contributed by atoms with E-state index in [-0.39, 0.29) is 24.8 Å². The molecule has 0 aromatic heterocycles. The Hall–Kier alpha value is -2.34. The molecule has 0 aromatic carbocycles. The summed E-state index contributed by atoms with van der Waals surface area (Å²) in [5.41, 5.74) is 0. The molecule has 94 valence electrons. The van der Waals surface area contributed by atoms with Crippen LogP contribution in [0.2, 0.25) is 0 Å². The first-order chi connectivity index (χ1) is 8.54. The molecular weight excluding hydrogens is 232 g/mol. The Morgan fingerprint density at radius 3 is 2.33 bits per heavy atom. The maximum Gasteiger partial charge on any atom is 0.336 e. The van der Waals surface area contributed by atoms with E-state index in [1.54, 1.807) is 21.0 Å². The van der Waals surface area contributed by atoms with E-state index in [9.17, 15) is 9.59 Å². The summed E-state index contributed by atoms with van der Waals surface area (Å²) in [6, 6.07) is 2.32. The third kappa shape index (κ3) is 1.39. The van der Waals surface area contributed by atoms with Gasteiger partial charge in [-0.1, -0.05) is 11.8 Å². The minimum atomic E-state index is -0.407. The average molecular weight is 246 g/mol. The van der Waals surface area contributed by atoms with Crippen molar-refractivity contribution < 1.29 is 9.59 Å². The van der Waals surface area contributed by atoms with E-state index < -0.39 is 6.17 Å². The van der Waals surface area contributed by atoms with E-state index in [2.05, 4.69) is 17.9 Å². The van der Waals surface area contributed by atoms with Gasteiger partial charge < -0.3 is 9.80 Å². The molecule has 6 nitrogen and oxygen atoms in total. The minimum Gasteiger partial charge on any atom is -0.303 e. The van der Waals surface area contributed by atoms with Gasteiger partial charge in [0.15, 0.2) is 12.3 Å². The highest BCUT2D eigenvalue weighted by Gasteiger charge is 2.56. The number of hydrogen-bond donors (Lipinski definition) is 0. The second kappa shape index (κ2) is 4.15. The number of amides is 4. The number of carbonyl (C=O) groups excluding carboxylic acids is 2. The molecule has 2 rings (SSSR count). The van der Waals surface area contributed by atoms with Crippen LogP contribution in [-0.4, -0.2) is 64.6 Å². The Morgan fingerprint density at radius 2 is 1.78 bits per heavy atom. The van der Waals surface area contributed by atoms with E-state index in [1.165, 1.54) is 19.6 Å². The van der Waals surface area contributed by atoms with Crippen molar-refractivity contribution in [3.8, 4) is 24.3 Å². The molecule has 4 amide bonds. The molecule has 18 heavy (non-hydrogen) atoms. The van der Waals surface area contributed by atoms with Crippen molar-refractivity contribution >= 4 is 12.1 Å².